The second-order valence-corrected chi connectivity index (χ2v) is 6.84. The smallest absolute Gasteiger partial charge is 0.0529 e. The molecule has 1 saturated heterocycles. The number of hydrazine groups is 2. The van der Waals surface area contributed by atoms with Crippen LogP contribution in [0.2, 0.25) is 0 Å². The number of hydrogen-bond acceptors (Lipinski definition) is 5. The summed E-state index contributed by atoms with van der Waals surface area (Å²) in [4.78, 5) is 6.64. The van der Waals surface area contributed by atoms with Crippen molar-refractivity contribution < 1.29 is 0 Å². The lowest BCUT2D eigenvalue weighted by molar-refractivity contribution is 0.188. The molecule has 130 valence electrons. The van der Waals surface area contributed by atoms with Crippen molar-refractivity contribution in [3.8, 4) is 0 Å². The van der Waals surface area contributed by atoms with Gasteiger partial charge in [-0.3, -0.25) is 9.88 Å². The molecule has 25 heavy (non-hydrogen) atoms. The van der Waals surface area contributed by atoms with E-state index in [-0.39, 0.29) is 0 Å². The van der Waals surface area contributed by atoms with E-state index in [4.69, 9.17) is 0 Å². The van der Waals surface area contributed by atoms with Gasteiger partial charge in [0.1, 0.15) is 0 Å². The Bertz CT molecular complexity index is 705. The molecule has 4 rings (SSSR count). The number of hydrogen-bond donors (Lipinski definition) is 3. The minimum atomic E-state index is 0.593. The molecule has 2 aliphatic heterocycles. The summed E-state index contributed by atoms with van der Waals surface area (Å²) in [5.74, 6) is 0.593. The Balaban J connectivity index is 1.37. The molecule has 0 bridgehead atoms. The maximum absolute atomic E-state index is 4.10. The number of allylic oxidation sites excluding steroid dienone is 2. The van der Waals surface area contributed by atoms with Crippen LogP contribution in [-0.2, 0) is 13.0 Å². The topological polar surface area (TPSA) is 52.2 Å². The summed E-state index contributed by atoms with van der Waals surface area (Å²) in [5.41, 5.74) is 15.1. The average molecular weight is 335 g/mol. The minimum Gasteiger partial charge on any atom is -0.306 e. The van der Waals surface area contributed by atoms with Gasteiger partial charge in [0.15, 0.2) is 0 Å². The van der Waals surface area contributed by atoms with Crippen LogP contribution in [0.1, 0.15) is 24.0 Å². The molecule has 1 fully saturated rings. The summed E-state index contributed by atoms with van der Waals surface area (Å²) < 4.78 is 0. The van der Waals surface area contributed by atoms with E-state index < -0.39 is 0 Å². The molecule has 0 aliphatic carbocycles. The Labute approximate surface area is 149 Å². The first-order valence-electron chi connectivity index (χ1n) is 9.04. The van der Waals surface area contributed by atoms with Crippen LogP contribution in [0.3, 0.4) is 0 Å². The third-order valence-electron chi connectivity index (χ3n) is 5.11. The van der Waals surface area contributed by atoms with Gasteiger partial charge in [-0.25, -0.2) is 0 Å². The average Bonchev–Trinajstić information content (AvgIpc) is 3.12. The predicted molar refractivity (Wildman–Crippen MR) is 98.8 cm³/mol. The molecule has 0 unspecified atom stereocenters. The van der Waals surface area contributed by atoms with Gasteiger partial charge in [0, 0.05) is 31.3 Å². The van der Waals surface area contributed by atoms with Crippen LogP contribution in [0.4, 0.5) is 0 Å². The number of rotatable bonds is 5. The standard InChI is InChI=1S/C20H25N5/c1-2-4-16(5-3-1)14-19-20(23-24-22-19)18-8-12-25(13-9-18)15-17-6-10-21-11-7-17/h1-7,10-11,18,22-24H,8-9,12-15H2. The van der Waals surface area contributed by atoms with Crippen LogP contribution in [0.25, 0.3) is 0 Å². The first-order chi connectivity index (χ1) is 12.4. The molecular formula is C20H25N5. The van der Waals surface area contributed by atoms with E-state index in [1.54, 1.807) is 0 Å². The van der Waals surface area contributed by atoms with E-state index in [1.807, 2.05) is 12.4 Å². The summed E-state index contributed by atoms with van der Waals surface area (Å²) in [6, 6.07) is 14.9. The maximum atomic E-state index is 4.10. The molecule has 2 aliphatic rings. The van der Waals surface area contributed by atoms with Crippen molar-refractivity contribution in [1.82, 2.24) is 26.3 Å². The van der Waals surface area contributed by atoms with E-state index >= 15 is 0 Å². The van der Waals surface area contributed by atoms with Gasteiger partial charge < -0.3 is 10.9 Å². The van der Waals surface area contributed by atoms with Gasteiger partial charge >= 0.3 is 0 Å². The summed E-state index contributed by atoms with van der Waals surface area (Å²) >= 11 is 0. The van der Waals surface area contributed by atoms with E-state index in [0.29, 0.717) is 5.92 Å². The van der Waals surface area contributed by atoms with Crippen molar-refractivity contribution in [3.05, 3.63) is 77.4 Å². The van der Waals surface area contributed by atoms with Crippen molar-refractivity contribution in [2.75, 3.05) is 13.1 Å². The van der Waals surface area contributed by atoms with Crippen LogP contribution in [-0.4, -0.2) is 23.0 Å². The van der Waals surface area contributed by atoms with Gasteiger partial charge in [-0.2, -0.15) is 5.53 Å². The van der Waals surface area contributed by atoms with Crippen LogP contribution >= 0.6 is 0 Å². The fraction of sp³-hybridized carbons (Fsp3) is 0.350. The van der Waals surface area contributed by atoms with E-state index in [2.05, 4.69) is 68.7 Å². The Morgan fingerprint density at radius 1 is 0.920 bits per heavy atom. The zero-order valence-electron chi connectivity index (χ0n) is 14.4. The maximum Gasteiger partial charge on any atom is 0.0529 e. The Morgan fingerprint density at radius 3 is 2.44 bits per heavy atom. The lowest BCUT2D eigenvalue weighted by Gasteiger charge is -2.32. The summed E-state index contributed by atoms with van der Waals surface area (Å²) in [6.45, 7) is 3.29. The normalized spacial score (nSPS) is 18.9. The number of aromatic nitrogens is 1. The van der Waals surface area contributed by atoms with Gasteiger partial charge in [0.05, 0.1) is 11.4 Å². The highest BCUT2D eigenvalue weighted by atomic mass is 15.6. The number of nitrogens with one attached hydrogen (secondary N) is 3. The Hall–Kier alpha value is -2.37. The Kier molecular flexibility index (Phi) is 4.95. The lowest BCUT2D eigenvalue weighted by Crippen LogP contribution is -2.37. The van der Waals surface area contributed by atoms with Gasteiger partial charge in [-0.15, -0.1) is 0 Å². The molecule has 0 amide bonds. The quantitative estimate of drug-likeness (QED) is 0.783. The molecule has 0 saturated carbocycles. The van der Waals surface area contributed by atoms with Gasteiger partial charge in [-0.1, -0.05) is 30.3 Å². The van der Waals surface area contributed by atoms with E-state index in [1.165, 1.54) is 35.4 Å². The fourth-order valence-electron chi connectivity index (χ4n) is 3.73. The molecule has 2 aromatic rings. The zero-order chi connectivity index (χ0) is 16.9. The first kappa shape index (κ1) is 16.1. The lowest BCUT2D eigenvalue weighted by atomic mass is 9.91. The van der Waals surface area contributed by atoms with Crippen molar-refractivity contribution in [1.29, 1.82) is 0 Å². The van der Waals surface area contributed by atoms with Gasteiger partial charge in [0.25, 0.3) is 0 Å². The van der Waals surface area contributed by atoms with Crippen molar-refractivity contribution >= 4 is 0 Å². The SMILES string of the molecule is c1ccc(CC2=C(C3CCN(Cc4ccncc4)CC3)NNN2)cc1. The molecule has 0 atom stereocenters. The second kappa shape index (κ2) is 7.68. The third kappa shape index (κ3) is 4.00. The third-order valence-corrected chi connectivity index (χ3v) is 5.11. The van der Waals surface area contributed by atoms with Crippen LogP contribution in [0.5, 0.6) is 0 Å². The van der Waals surface area contributed by atoms with E-state index in [9.17, 15) is 0 Å². The number of pyridine rings is 1. The molecule has 0 radical (unpaired) electrons. The summed E-state index contributed by atoms with van der Waals surface area (Å²) in [6.07, 6.45) is 7.07. The van der Waals surface area contributed by atoms with Crippen molar-refractivity contribution in [2.45, 2.75) is 25.8 Å². The molecule has 1 aromatic heterocycles. The number of likely N-dealkylation sites (tertiary alicyclic amines) is 1. The summed E-state index contributed by atoms with van der Waals surface area (Å²) in [7, 11) is 0. The highest BCUT2D eigenvalue weighted by Gasteiger charge is 2.27. The molecule has 3 heterocycles. The molecule has 0 spiro atoms. The number of nitrogens with zero attached hydrogens (tertiary/aromatic N) is 2. The molecule has 5 heteroatoms. The monoisotopic (exact) mass is 335 g/mol. The van der Waals surface area contributed by atoms with Crippen LogP contribution in [0, 0.1) is 5.92 Å². The van der Waals surface area contributed by atoms with Crippen LogP contribution in [0.15, 0.2) is 66.3 Å². The molecule has 3 N–H and O–H groups in total. The Morgan fingerprint density at radius 2 is 1.68 bits per heavy atom. The van der Waals surface area contributed by atoms with Crippen molar-refractivity contribution in [3.63, 3.8) is 0 Å². The number of benzene rings is 1. The second-order valence-electron chi connectivity index (χ2n) is 6.84. The largest absolute Gasteiger partial charge is 0.306 e. The summed E-state index contributed by atoms with van der Waals surface area (Å²) in [5, 5.41) is 0. The number of piperidine rings is 1. The van der Waals surface area contributed by atoms with Gasteiger partial charge in [-0.05, 0) is 49.2 Å². The minimum absolute atomic E-state index is 0.593. The van der Waals surface area contributed by atoms with E-state index in [0.717, 1.165) is 26.1 Å². The first-order valence-corrected chi connectivity index (χ1v) is 9.04. The highest BCUT2D eigenvalue weighted by molar-refractivity contribution is 5.26. The van der Waals surface area contributed by atoms with Crippen molar-refractivity contribution in [2.24, 2.45) is 5.92 Å². The predicted octanol–water partition coefficient (Wildman–Crippen LogP) is 2.36. The van der Waals surface area contributed by atoms with Gasteiger partial charge in [0.2, 0.25) is 0 Å². The molecule has 1 aromatic carbocycles. The molecule has 5 nitrogen and oxygen atoms in total. The zero-order valence-corrected chi connectivity index (χ0v) is 14.4. The molecular weight excluding hydrogens is 310 g/mol. The fourth-order valence-corrected chi connectivity index (χ4v) is 3.73. The van der Waals surface area contributed by atoms with Crippen LogP contribution < -0.4 is 16.4 Å². The highest BCUT2D eigenvalue weighted by Crippen LogP contribution is 2.27.